The molecule has 2 aromatic rings. The Morgan fingerprint density at radius 1 is 1.26 bits per heavy atom. The lowest BCUT2D eigenvalue weighted by Gasteiger charge is -2.31. The fourth-order valence-corrected chi connectivity index (χ4v) is 3.15. The Morgan fingerprint density at radius 3 is 2.70 bits per heavy atom. The number of nitrogens with one attached hydrogen (secondary N) is 1. The molecule has 0 radical (unpaired) electrons. The van der Waals surface area contributed by atoms with Crippen molar-refractivity contribution < 1.29 is 22.6 Å². The lowest BCUT2D eigenvalue weighted by molar-refractivity contribution is -0.274. The largest absolute Gasteiger partial charge is 0.573 e. The maximum atomic E-state index is 12.3. The molecule has 1 aromatic heterocycles. The molecule has 0 unspecified atom stereocenters. The first-order chi connectivity index (χ1) is 12.8. The zero-order valence-corrected chi connectivity index (χ0v) is 15.3. The monoisotopic (exact) mass is 401 g/mol. The van der Waals surface area contributed by atoms with Gasteiger partial charge in [-0.25, -0.2) is 0 Å². The van der Waals surface area contributed by atoms with Gasteiger partial charge in [-0.3, -0.25) is 0 Å². The van der Waals surface area contributed by atoms with E-state index in [4.69, 9.17) is 16.3 Å². The SMILES string of the molecule is Cc1c(NC[C@H]2CCC[C@@H](c3ccc(OC(F)(F)F)cc3)O2)cnnc1Cl. The molecule has 146 valence electrons. The van der Waals surface area contributed by atoms with Crippen molar-refractivity contribution in [3.05, 3.63) is 46.7 Å². The van der Waals surface area contributed by atoms with Crippen molar-refractivity contribution >= 4 is 17.3 Å². The van der Waals surface area contributed by atoms with Gasteiger partial charge in [-0.2, -0.15) is 5.10 Å². The zero-order chi connectivity index (χ0) is 19.4. The van der Waals surface area contributed by atoms with E-state index in [1.165, 1.54) is 12.1 Å². The summed E-state index contributed by atoms with van der Waals surface area (Å²) in [5.74, 6) is -0.238. The summed E-state index contributed by atoms with van der Waals surface area (Å²) >= 11 is 5.97. The third kappa shape index (κ3) is 5.46. The van der Waals surface area contributed by atoms with Crippen molar-refractivity contribution in [2.45, 2.75) is 44.8 Å². The lowest BCUT2D eigenvalue weighted by Crippen LogP contribution is -2.29. The summed E-state index contributed by atoms with van der Waals surface area (Å²) in [6, 6.07) is 5.83. The molecule has 1 aliphatic rings. The van der Waals surface area contributed by atoms with E-state index in [-0.39, 0.29) is 18.0 Å². The van der Waals surface area contributed by atoms with E-state index in [0.29, 0.717) is 11.7 Å². The lowest BCUT2D eigenvalue weighted by atomic mass is 9.98. The van der Waals surface area contributed by atoms with E-state index in [2.05, 4.69) is 20.3 Å². The van der Waals surface area contributed by atoms with Gasteiger partial charge in [0.15, 0.2) is 5.15 Å². The number of rotatable bonds is 5. The summed E-state index contributed by atoms with van der Waals surface area (Å²) in [5.41, 5.74) is 2.45. The van der Waals surface area contributed by atoms with Gasteiger partial charge in [-0.05, 0) is 43.9 Å². The van der Waals surface area contributed by atoms with Crippen LogP contribution in [-0.4, -0.2) is 29.2 Å². The highest BCUT2D eigenvalue weighted by atomic mass is 35.5. The molecule has 1 saturated heterocycles. The Morgan fingerprint density at radius 2 is 2.00 bits per heavy atom. The number of hydrogen-bond acceptors (Lipinski definition) is 5. The molecule has 0 saturated carbocycles. The molecule has 1 aromatic carbocycles. The van der Waals surface area contributed by atoms with Crippen LogP contribution < -0.4 is 10.1 Å². The minimum atomic E-state index is -4.69. The first-order valence-corrected chi connectivity index (χ1v) is 8.92. The van der Waals surface area contributed by atoms with Crippen LogP contribution in [0.1, 0.15) is 36.5 Å². The molecule has 0 bridgehead atoms. The van der Waals surface area contributed by atoms with Gasteiger partial charge in [0.1, 0.15) is 5.75 Å². The standard InChI is InChI=1S/C18H19ClF3N3O2/c1-11-15(10-24-25-17(11)19)23-9-14-3-2-4-16(26-14)12-5-7-13(8-6-12)27-18(20,21)22/h5-8,10,14,16H,2-4,9H2,1H3,(H,23,25)/t14-,16+/m1/s1. The van der Waals surface area contributed by atoms with Crippen LogP contribution in [-0.2, 0) is 4.74 Å². The smallest absolute Gasteiger partial charge is 0.406 e. The van der Waals surface area contributed by atoms with E-state index < -0.39 is 6.36 Å². The molecule has 1 N–H and O–H groups in total. The number of ether oxygens (including phenoxy) is 2. The van der Waals surface area contributed by atoms with Crippen LogP contribution in [0.15, 0.2) is 30.5 Å². The van der Waals surface area contributed by atoms with Crippen molar-refractivity contribution in [1.82, 2.24) is 10.2 Å². The normalized spacial score (nSPS) is 20.3. The number of halogens is 4. The molecule has 9 heteroatoms. The summed E-state index contributed by atoms with van der Waals surface area (Å²) in [4.78, 5) is 0. The first kappa shape index (κ1) is 19.7. The fourth-order valence-electron chi connectivity index (χ4n) is 3.00. The second-order valence-corrected chi connectivity index (χ2v) is 6.71. The topological polar surface area (TPSA) is 56.3 Å². The van der Waals surface area contributed by atoms with Crippen molar-refractivity contribution in [1.29, 1.82) is 0 Å². The Kier molecular flexibility index (Phi) is 6.06. The Hall–Kier alpha value is -2.06. The summed E-state index contributed by atoms with van der Waals surface area (Å²) in [6.07, 6.45) is -0.594. The average Bonchev–Trinajstić information content (AvgIpc) is 2.62. The van der Waals surface area contributed by atoms with Crippen molar-refractivity contribution in [2.24, 2.45) is 0 Å². The molecular formula is C18H19ClF3N3O2. The third-order valence-electron chi connectivity index (χ3n) is 4.40. The minimum absolute atomic E-state index is 0.0267. The average molecular weight is 402 g/mol. The number of alkyl halides is 3. The number of hydrogen-bond donors (Lipinski definition) is 1. The number of aromatic nitrogens is 2. The summed E-state index contributed by atoms with van der Waals surface area (Å²) in [5, 5.41) is 11.2. The molecule has 3 rings (SSSR count). The van der Waals surface area contributed by atoms with Gasteiger partial charge in [0.25, 0.3) is 0 Å². The predicted octanol–water partition coefficient (Wildman–Crippen LogP) is 5.06. The van der Waals surface area contributed by atoms with E-state index in [1.54, 1.807) is 18.3 Å². The number of benzene rings is 1. The molecule has 2 atom stereocenters. The van der Waals surface area contributed by atoms with Gasteiger partial charge >= 0.3 is 6.36 Å². The van der Waals surface area contributed by atoms with Gasteiger partial charge in [-0.1, -0.05) is 23.7 Å². The highest BCUT2D eigenvalue weighted by Crippen LogP contribution is 2.33. The molecule has 0 spiro atoms. The number of nitrogens with zero attached hydrogens (tertiary/aromatic N) is 2. The Balaban J connectivity index is 1.58. The predicted molar refractivity (Wildman–Crippen MR) is 94.9 cm³/mol. The van der Waals surface area contributed by atoms with Gasteiger partial charge in [0.2, 0.25) is 0 Å². The van der Waals surface area contributed by atoms with E-state index in [9.17, 15) is 13.2 Å². The Labute approximate surface area is 159 Å². The molecule has 1 aliphatic heterocycles. The molecule has 2 heterocycles. The second kappa shape index (κ2) is 8.31. The van der Waals surface area contributed by atoms with Crippen LogP contribution in [0.3, 0.4) is 0 Å². The van der Waals surface area contributed by atoms with Gasteiger partial charge in [0.05, 0.1) is 24.1 Å². The van der Waals surface area contributed by atoms with Gasteiger partial charge in [0, 0.05) is 12.1 Å². The molecule has 5 nitrogen and oxygen atoms in total. The molecule has 0 aliphatic carbocycles. The molecule has 1 fully saturated rings. The second-order valence-electron chi connectivity index (χ2n) is 6.35. The van der Waals surface area contributed by atoms with E-state index in [0.717, 1.165) is 36.1 Å². The van der Waals surface area contributed by atoms with Crippen molar-refractivity contribution in [3.8, 4) is 5.75 Å². The van der Waals surface area contributed by atoms with Crippen LogP contribution >= 0.6 is 11.6 Å². The summed E-state index contributed by atoms with van der Waals surface area (Å²) < 4.78 is 46.8. The summed E-state index contributed by atoms with van der Waals surface area (Å²) in [7, 11) is 0. The quantitative estimate of drug-likeness (QED) is 0.759. The van der Waals surface area contributed by atoms with E-state index in [1.807, 2.05) is 6.92 Å². The highest BCUT2D eigenvalue weighted by Gasteiger charge is 2.31. The fraction of sp³-hybridized carbons (Fsp3) is 0.444. The van der Waals surface area contributed by atoms with Crippen molar-refractivity contribution in [2.75, 3.05) is 11.9 Å². The van der Waals surface area contributed by atoms with Crippen LogP contribution in [0.2, 0.25) is 5.15 Å². The maximum absolute atomic E-state index is 12.3. The van der Waals surface area contributed by atoms with Crippen LogP contribution in [0, 0.1) is 6.92 Å². The molecular weight excluding hydrogens is 383 g/mol. The maximum Gasteiger partial charge on any atom is 0.573 e. The zero-order valence-electron chi connectivity index (χ0n) is 14.6. The van der Waals surface area contributed by atoms with Gasteiger partial charge in [-0.15, -0.1) is 18.3 Å². The first-order valence-electron chi connectivity index (χ1n) is 8.54. The Bertz CT molecular complexity index is 771. The third-order valence-corrected chi connectivity index (χ3v) is 4.76. The minimum Gasteiger partial charge on any atom is -0.406 e. The van der Waals surface area contributed by atoms with Crippen LogP contribution in [0.5, 0.6) is 5.75 Å². The molecule has 27 heavy (non-hydrogen) atoms. The number of anilines is 1. The summed E-state index contributed by atoms with van der Waals surface area (Å²) in [6.45, 7) is 2.43. The van der Waals surface area contributed by atoms with E-state index >= 15 is 0 Å². The molecule has 0 amide bonds. The van der Waals surface area contributed by atoms with Crippen LogP contribution in [0.4, 0.5) is 18.9 Å². The van der Waals surface area contributed by atoms with Gasteiger partial charge < -0.3 is 14.8 Å². The van der Waals surface area contributed by atoms with Crippen molar-refractivity contribution in [3.63, 3.8) is 0 Å². The highest BCUT2D eigenvalue weighted by molar-refractivity contribution is 6.30. The van der Waals surface area contributed by atoms with Crippen LogP contribution in [0.25, 0.3) is 0 Å².